The predicted octanol–water partition coefficient (Wildman–Crippen LogP) is 8.72. The van der Waals surface area contributed by atoms with Gasteiger partial charge in [0.1, 0.15) is 5.58 Å². The SMILES string of the molecule is c1ccc(-c2nc(-c3ccccc3)nc(-c3ccc(-n4c5ccccc5c5cc6occc6cc54)cc3)n2)cc1. The third kappa shape index (κ3) is 3.68. The van der Waals surface area contributed by atoms with Crippen LogP contribution in [0, 0.1) is 0 Å². The fourth-order valence-corrected chi connectivity index (χ4v) is 5.40. The summed E-state index contributed by atoms with van der Waals surface area (Å²) in [5, 5.41) is 3.44. The number of hydrogen-bond donors (Lipinski definition) is 0. The van der Waals surface area contributed by atoms with Crippen molar-refractivity contribution in [2.24, 2.45) is 0 Å². The van der Waals surface area contributed by atoms with Crippen LogP contribution in [0.15, 0.2) is 138 Å². The van der Waals surface area contributed by atoms with Crippen molar-refractivity contribution in [2.75, 3.05) is 0 Å². The molecule has 5 nitrogen and oxygen atoms in total. The van der Waals surface area contributed by atoms with Crippen LogP contribution in [0.5, 0.6) is 0 Å². The summed E-state index contributed by atoms with van der Waals surface area (Å²) in [6, 6.07) is 43.4. The molecule has 0 aliphatic carbocycles. The van der Waals surface area contributed by atoms with Crippen molar-refractivity contribution in [3.8, 4) is 39.9 Å². The molecule has 0 aliphatic heterocycles. The lowest BCUT2D eigenvalue weighted by Crippen LogP contribution is -2.00. The van der Waals surface area contributed by atoms with Crippen LogP contribution in [0.1, 0.15) is 0 Å². The van der Waals surface area contributed by atoms with E-state index in [9.17, 15) is 0 Å². The predicted molar refractivity (Wildman–Crippen MR) is 160 cm³/mol. The highest BCUT2D eigenvalue weighted by Gasteiger charge is 2.16. The molecular formula is C35H22N4O. The molecule has 188 valence electrons. The minimum absolute atomic E-state index is 0.640. The van der Waals surface area contributed by atoms with E-state index >= 15 is 0 Å². The highest BCUT2D eigenvalue weighted by atomic mass is 16.3. The molecule has 8 rings (SSSR count). The van der Waals surface area contributed by atoms with Crippen molar-refractivity contribution in [1.29, 1.82) is 0 Å². The first-order valence-electron chi connectivity index (χ1n) is 13.2. The highest BCUT2D eigenvalue weighted by Crippen LogP contribution is 2.35. The second-order valence-corrected chi connectivity index (χ2v) is 9.77. The summed E-state index contributed by atoms with van der Waals surface area (Å²) < 4.78 is 8.01. The van der Waals surface area contributed by atoms with Crippen LogP contribution >= 0.6 is 0 Å². The Hall–Kier alpha value is -5.55. The lowest BCUT2D eigenvalue weighted by Gasteiger charge is -2.11. The van der Waals surface area contributed by atoms with E-state index in [0.29, 0.717) is 17.5 Å². The monoisotopic (exact) mass is 514 g/mol. The molecule has 0 aliphatic rings. The molecule has 0 amide bonds. The van der Waals surface area contributed by atoms with E-state index in [0.717, 1.165) is 44.4 Å². The van der Waals surface area contributed by atoms with E-state index in [4.69, 9.17) is 19.4 Å². The summed E-state index contributed by atoms with van der Waals surface area (Å²) in [5.41, 5.74) is 7.09. The van der Waals surface area contributed by atoms with Crippen LogP contribution in [0.4, 0.5) is 0 Å². The molecule has 0 saturated heterocycles. The van der Waals surface area contributed by atoms with Crippen molar-refractivity contribution in [2.45, 2.75) is 0 Å². The Balaban J connectivity index is 1.28. The third-order valence-corrected chi connectivity index (χ3v) is 7.33. The Bertz CT molecular complexity index is 2090. The maximum Gasteiger partial charge on any atom is 0.164 e. The first-order valence-corrected chi connectivity index (χ1v) is 13.2. The van der Waals surface area contributed by atoms with Gasteiger partial charge in [0.05, 0.1) is 17.3 Å². The number of furan rings is 1. The third-order valence-electron chi connectivity index (χ3n) is 7.33. The normalized spacial score (nSPS) is 11.5. The minimum Gasteiger partial charge on any atom is -0.464 e. The number of aromatic nitrogens is 4. The van der Waals surface area contributed by atoms with Crippen molar-refractivity contribution >= 4 is 32.8 Å². The van der Waals surface area contributed by atoms with Gasteiger partial charge in [0.15, 0.2) is 17.5 Å². The number of hydrogen-bond acceptors (Lipinski definition) is 4. The fraction of sp³-hybridized carbons (Fsp3) is 0. The van der Waals surface area contributed by atoms with E-state index in [1.54, 1.807) is 6.26 Å². The second-order valence-electron chi connectivity index (χ2n) is 9.77. The molecule has 5 heteroatoms. The van der Waals surface area contributed by atoms with Gasteiger partial charge >= 0.3 is 0 Å². The van der Waals surface area contributed by atoms with Gasteiger partial charge in [0.2, 0.25) is 0 Å². The van der Waals surface area contributed by atoms with Crippen LogP contribution < -0.4 is 0 Å². The molecule has 0 radical (unpaired) electrons. The van der Waals surface area contributed by atoms with Gasteiger partial charge < -0.3 is 8.98 Å². The molecule has 0 N–H and O–H groups in total. The molecule has 0 atom stereocenters. The van der Waals surface area contributed by atoms with E-state index in [2.05, 4.69) is 65.2 Å². The molecule has 0 spiro atoms. The lowest BCUT2D eigenvalue weighted by molar-refractivity contribution is 0.616. The first kappa shape index (κ1) is 22.4. The average molecular weight is 515 g/mol. The molecule has 0 bridgehead atoms. The zero-order valence-electron chi connectivity index (χ0n) is 21.4. The molecule has 0 saturated carbocycles. The zero-order chi connectivity index (χ0) is 26.5. The van der Waals surface area contributed by atoms with E-state index in [1.165, 1.54) is 10.8 Å². The number of rotatable bonds is 4. The number of fused-ring (bicyclic) bond motifs is 4. The van der Waals surface area contributed by atoms with Crippen LogP contribution in [0.3, 0.4) is 0 Å². The summed E-state index contributed by atoms with van der Waals surface area (Å²) in [6.07, 6.45) is 1.74. The van der Waals surface area contributed by atoms with Gasteiger partial charge in [-0.3, -0.25) is 0 Å². The van der Waals surface area contributed by atoms with Gasteiger partial charge in [-0.1, -0.05) is 78.9 Å². The minimum atomic E-state index is 0.640. The van der Waals surface area contributed by atoms with Crippen molar-refractivity contribution < 1.29 is 4.42 Å². The maximum atomic E-state index is 5.71. The largest absolute Gasteiger partial charge is 0.464 e. The van der Waals surface area contributed by atoms with Gasteiger partial charge in [0.25, 0.3) is 0 Å². The molecule has 5 aromatic carbocycles. The molecule has 3 aromatic heterocycles. The van der Waals surface area contributed by atoms with Crippen LogP contribution in [0.25, 0.3) is 72.6 Å². The summed E-state index contributed by atoms with van der Waals surface area (Å²) >= 11 is 0. The van der Waals surface area contributed by atoms with Crippen molar-refractivity contribution in [1.82, 2.24) is 19.5 Å². The van der Waals surface area contributed by atoms with Crippen LogP contribution in [-0.4, -0.2) is 19.5 Å². The van der Waals surface area contributed by atoms with E-state index in [1.807, 2.05) is 66.7 Å². The Kier molecular flexibility index (Phi) is 5.07. The Morgan fingerprint density at radius 2 is 1.05 bits per heavy atom. The Morgan fingerprint density at radius 1 is 0.475 bits per heavy atom. The Labute approximate surface area is 230 Å². The molecule has 0 unspecified atom stereocenters. The van der Waals surface area contributed by atoms with Gasteiger partial charge in [-0.25, -0.2) is 15.0 Å². The second kappa shape index (κ2) is 9.03. The molecule has 3 heterocycles. The van der Waals surface area contributed by atoms with Gasteiger partial charge in [-0.2, -0.15) is 0 Å². The van der Waals surface area contributed by atoms with E-state index in [-0.39, 0.29) is 0 Å². The summed E-state index contributed by atoms with van der Waals surface area (Å²) in [5.74, 6) is 1.95. The molecular weight excluding hydrogens is 492 g/mol. The quantitative estimate of drug-likeness (QED) is 0.236. The molecule has 0 fully saturated rings. The standard InChI is InChI=1S/C35H22N4O/c1-3-9-23(10-4-1)33-36-34(24-11-5-2-6-12-24)38-35(37-33)25-15-17-27(18-16-25)39-30-14-8-7-13-28(30)29-22-32-26(19-20-40-32)21-31(29)39/h1-22H. The highest BCUT2D eigenvalue weighted by molar-refractivity contribution is 6.12. The van der Waals surface area contributed by atoms with Gasteiger partial charge in [-0.05, 0) is 48.5 Å². The van der Waals surface area contributed by atoms with Crippen molar-refractivity contribution in [3.05, 3.63) is 134 Å². The summed E-state index contributed by atoms with van der Waals surface area (Å²) in [4.78, 5) is 14.6. The fourth-order valence-electron chi connectivity index (χ4n) is 5.40. The summed E-state index contributed by atoms with van der Waals surface area (Å²) in [6.45, 7) is 0. The zero-order valence-corrected chi connectivity index (χ0v) is 21.4. The number of benzene rings is 5. The topological polar surface area (TPSA) is 56.7 Å². The van der Waals surface area contributed by atoms with Crippen LogP contribution in [0.2, 0.25) is 0 Å². The van der Waals surface area contributed by atoms with Crippen molar-refractivity contribution in [3.63, 3.8) is 0 Å². The van der Waals surface area contributed by atoms with Gasteiger partial charge in [-0.15, -0.1) is 0 Å². The molecule has 8 aromatic rings. The first-order chi connectivity index (χ1) is 19.8. The van der Waals surface area contributed by atoms with E-state index < -0.39 is 0 Å². The molecule has 40 heavy (non-hydrogen) atoms. The lowest BCUT2D eigenvalue weighted by atomic mass is 10.1. The number of nitrogens with zero attached hydrogens (tertiary/aromatic N) is 4. The number of para-hydroxylation sites is 1. The summed E-state index contributed by atoms with van der Waals surface area (Å²) in [7, 11) is 0. The van der Waals surface area contributed by atoms with Gasteiger partial charge in [0, 0.05) is 38.5 Å². The maximum absolute atomic E-state index is 5.71. The smallest absolute Gasteiger partial charge is 0.164 e. The Morgan fingerprint density at radius 3 is 1.70 bits per heavy atom. The average Bonchev–Trinajstić information content (AvgIpc) is 3.62. The van der Waals surface area contributed by atoms with Crippen LogP contribution in [-0.2, 0) is 0 Å².